The predicted molar refractivity (Wildman–Crippen MR) is 72.3 cm³/mol. The average molecular weight is 304 g/mol. The second kappa shape index (κ2) is 6.46. The van der Waals surface area contributed by atoms with E-state index in [9.17, 15) is 13.2 Å². The summed E-state index contributed by atoms with van der Waals surface area (Å²) in [5.74, 6) is 0.854. The Bertz CT molecular complexity index is 467. The quantitative estimate of drug-likeness (QED) is 0.904. The Morgan fingerprint density at radius 3 is 2.76 bits per heavy atom. The number of aromatic nitrogens is 2. The van der Waals surface area contributed by atoms with E-state index in [4.69, 9.17) is 4.74 Å². The maximum Gasteiger partial charge on any atom is 0.401 e. The number of hydrogen-bond acceptors (Lipinski definition) is 5. The minimum absolute atomic E-state index is 0.0486. The van der Waals surface area contributed by atoms with E-state index in [1.807, 2.05) is 13.8 Å². The molecule has 8 heteroatoms. The molecule has 1 aromatic rings. The second-order valence-electron chi connectivity index (χ2n) is 5.36. The lowest BCUT2D eigenvalue weighted by Crippen LogP contribution is -2.34. The summed E-state index contributed by atoms with van der Waals surface area (Å²) < 4.78 is 42.6. The molecule has 1 N–H and O–H groups in total. The summed E-state index contributed by atoms with van der Waals surface area (Å²) in [6.07, 6.45) is -0.528. The Morgan fingerprint density at radius 2 is 2.10 bits per heavy atom. The summed E-state index contributed by atoms with van der Waals surface area (Å²) in [7, 11) is 0. The van der Waals surface area contributed by atoms with Gasteiger partial charge >= 0.3 is 6.18 Å². The first-order valence-corrected chi connectivity index (χ1v) is 6.87. The molecule has 2 heterocycles. The first kappa shape index (κ1) is 15.8. The lowest BCUT2D eigenvalue weighted by atomic mass is 10.2. The van der Waals surface area contributed by atoms with Crippen molar-refractivity contribution >= 4 is 5.82 Å². The van der Waals surface area contributed by atoms with Crippen LogP contribution in [0.4, 0.5) is 19.0 Å². The van der Waals surface area contributed by atoms with Crippen molar-refractivity contribution in [3.8, 4) is 5.88 Å². The van der Waals surface area contributed by atoms with Gasteiger partial charge in [-0.25, -0.2) is 9.97 Å². The zero-order valence-electron chi connectivity index (χ0n) is 12.0. The molecule has 118 valence electrons. The topological polar surface area (TPSA) is 50.3 Å². The van der Waals surface area contributed by atoms with Gasteiger partial charge in [-0.2, -0.15) is 13.2 Å². The molecule has 1 aliphatic rings. The molecule has 1 aliphatic heterocycles. The van der Waals surface area contributed by atoms with Crippen molar-refractivity contribution in [3.63, 3.8) is 0 Å². The van der Waals surface area contributed by atoms with E-state index in [1.165, 1.54) is 17.3 Å². The summed E-state index contributed by atoms with van der Waals surface area (Å²) in [6.45, 7) is 3.62. The van der Waals surface area contributed by atoms with Crippen molar-refractivity contribution < 1.29 is 17.9 Å². The molecule has 1 aromatic heterocycles. The standard InChI is InChI=1S/C13H19F3N4O/c1-9(2)21-12-11(17-4-5-18-12)19-10-3-6-20(7-10)8-13(14,15)16/h4-5,9-10H,3,6-8H2,1-2H3,(H,17,19). The lowest BCUT2D eigenvalue weighted by Gasteiger charge is -2.19. The normalized spacial score (nSPS) is 20.0. The predicted octanol–water partition coefficient (Wildman–Crippen LogP) is 2.31. The highest BCUT2D eigenvalue weighted by Gasteiger charge is 2.34. The number of halogens is 3. The third-order valence-corrected chi connectivity index (χ3v) is 3.03. The van der Waals surface area contributed by atoms with Gasteiger partial charge < -0.3 is 10.1 Å². The van der Waals surface area contributed by atoms with Gasteiger partial charge in [0.05, 0.1) is 12.6 Å². The Kier molecular flexibility index (Phi) is 4.87. The van der Waals surface area contributed by atoms with Crippen LogP contribution in [0.1, 0.15) is 20.3 Å². The molecule has 21 heavy (non-hydrogen) atoms. The molecule has 1 saturated heterocycles. The van der Waals surface area contributed by atoms with Crippen LogP contribution in [0.15, 0.2) is 12.4 Å². The van der Waals surface area contributed by atoms with E-state index in [0.29, 0.717) is 31.2 Å². The highest BCUT2D eigenvalue weighted by Crippen LogP contribution is 2.24. The fourth-order valence-electron chi connectivity index (χ4n) is 2.27. The van der Waals surface area contributed by atoms with Gasteiger partial charge in [0, 0.05) is 31.5 Å². The molecule has 1 fully saturated rings. The van der Waals surface area contributed by atoms with E-state index in [1.54, 1.807) is 0 Å². The van der Waals surface area contributed by atoms with Crippen LogP contribution in [0.5, 0.6) is 5.88 Å². The number of hydrogen-bond donors (Lipinski definition) is 1. The van der Waals surface area contributed by atoms with Gasteiger partial charge in [-0.05, 0) is 20.3 Å². The fraction of sp³-hybridized carbons (Fsp3) is 0.692. The van der Waals surface area contributed by atoms with Gasteiger partial charge in [0.1, 0.15) is 0 Å². The minimum atomic E-state index is -4.16. The second-order valence-corrected chi connectivity index (χ2v) is 5.36. The summed E-state index contributed by atoms with van der Waals surface area (Å²) in [6, 6.07) is -0.0847. The van der Waals surface area contributed by atoms with Crippen LogP contribution in [0.25, 0.3) is 0 Å². The first-order valence-electron chi connectivity index (χ1n) is 6.87. The Hall–Kier alpha value is -1.57. The van der Waals surface area contributed by atoms with Crippen LogP contribution in [0, 0.1) is 0 Å². The van der Waals surface area contributed by atoms with E-state index in [2.05, 4.69) is 15.3 Å². The molecule has 1 unspecified atom stereocenters. The van der Waals surface area contributed by atoms with E-state index in [-0.39, 0.29) is 12.1 Å². The molecular weight excluding hydrogens is 285 g/mol. The first-order chi connectivity index (χ1) is 9.83. The van der Waals surface area contributed by atoms with Crippen LogP contribution >= 0.6 is 0 Å². The number of anilines is 1. The molecule has 0 aromatic carbocycles. The van der Waals surface area contributed by atoms with Crippen molar-refractivity contribution in [1.29, 1.82) is 0 Å². The SMILES string of the molecule is CC(C)Oc1nccnc1NC1CCN(CC(F)(F)F)C1. The summed E-state index contributed by atoms with van der Waals surface area (Å²) in [5, 5.41) is 3.12. The number of ether oxygens (including phenoxy) is 1. The third kappa shape index (κ3) is 5.04. The molecule has 0 radical (unpaired) electrons. The smallest absolute Gasteiger partial charge is 0.401 e. The molecule has 0 amide bonds. The molecular formula is C13H19F3N4O. The summed E-state index contributed by atoms with van der Waals surface area (Å²) >= 11 is 0. The van der Waals surface area contributed by atoms with Crippen LogP contribution in [0.3, 0.4) is 0 Å². The number of rotatable bonds is 5. The largest absolute Gasteiger partial charge is 0.472 e. The van der Waals surface area contributed by atoms with Gasteiger partial charge in [0.2, 0.25) is 0 Å². The third-order valence-electron chi connectivity index (χ3n) is 3.03. The zero-order valence-corrected chi connectivity index (χ0v) is 12.0. The van der Waals surface area contributed by atoms with Crippen molar-refractivity contribution in [3.05, 3.63) is 12.4 Å². The lowest BCUT2D eigenvalue weighted by molar-refractivity contribution is -0.143. The van der Waals surface area contributed by atoms with E-state index >= 15 is 0 Å². The van der Waals surface area contributed by atoms with E-state index < -0.39 is 12.7 Å². The fourth-order valence-corrected chi connectivity index (χ4v) is 2.27. The molecule has 1 atom stereocenters. The van der Waals surface area contributed by atoms with Gasteiger partial charge in [-0.15, -0.1) is 0 Å². The van der Waals surface area contributed by atoms with E-state index in [0.717, 1.165) is 0 Å². The number of nitrogens with one attached hydrogen (secondary N) is 1. The van der Waals surface area contributed by atoms with Crippen LogP contribution in [0.2, 0.25) is 0 Å². The van der Waals surface area contributed by atoms with Gasteiger partial charge in [0.15, 0.2) is 5.82 Å². The molecule has 0 spiro atoms. The van der Waals surface area contributed by atoms with Gasteiger partial charge in [0.25, 0.3) is 5.88 Å². The van der Waals surface area contributed by atoms with Crippen LogP contribution in [-0.2, 0) is 0 Å². The number of likely N-dealkylation sites (tertiary alicyclic amines) is 1. The van der Waals surface area contributed by atoms with Crippen molar-refractivity contribution in [2.24, 2.45) is 0 Å². The zero-order chi connectivity index (χ0) is 15.5. The van der Waals surface area contributed by atoms with Crippen molar-refractivity contribution in [2.45, 2.75) is 38.6 Å². The van der Waals surface area contributed by atoms with Crippen LogP contribution < -0.4 is 10.1 Å². The molecule has 0 bridgehead atoms. The summed E-state index contributed by atoms with van der Waals surface area (Å²) in [4.78, 5) is 9.64. The molecule has 5 nitrogen and oxygen atoms in total. The number of nitrogens with zero attached hydrogens (tertiary/aromatic N) is 3. The Morgan fingerprint density at radius 1 is 1.38 bits per heavy atom. The van der Waals surface area contributed by atoms with Crippen LogP contribution in [-0.4, -0.2) is 52.8 Å². The van der Waals surface area contributed by atoms with Crippen molar-refractivity contribution in [2.75, 3.05) is 25.0 Å². The maximum atomic E-state index is 12.4. The molecule has 0 saturated carbocycles. The van der Waals surface area contributed by atoms with Gasteiger partial charge in [-0.3, -0.25) is 4.90 Å². The Balaban J connectivity index is 1.94. The summed E-state index contributed by atoms with van der Waals surface area (Å²) in [5.41, 5.74) is 0. The minimum Gasteiger partial charge on any atom is -0.472 e. The highest BCUT2D eigenvalue weighted by atomic mass is 19.4. The Labute approximate surface area is 121 Å². The molecule has 2 rings (SSSR count). The monoisotopic (exact) mass is 304 g/mol. The van der Waals surface area contributed by atoms with Gasteiger partial charge in [-0.1, -0.05) is 0 Å². The van der Waals surface area contributed by atoms with Crippen molar-refractivity contribution in [1.82, 2.24) is 14.9 Å². The maximum absolute atomic E-state index is 12.4. The average Bonchev–Trinajstić information content (AvgIpc) is 2.76. The molecule has 0 aliphatic carbocycles. The number of alkyl halides is 3. The highest BCUT2D eigenvalue weighted by molar-refractivity contribution is 5.45.